The molecule has 0 aromatic carbocycles. The molecule has 0 aliphatic carbocycles. The Morgan fingerprint density at radius 2 is 2.21 bits per heavy atom. The first-order chi connectivity index (χ1) is 8.67. The Bertz CT molecular complexity index is 380. The maximum absolute atomic E-state index is 5.05. The summed E-state index contributed by atoms with van der Waals surface area (Å²) in [5, 5.41) is 7.04. The Labute approximate surface area is 132 Å². The number of rotatable bonds is 6. The van der Waals surface area contributed by atoms with E-state index < -0.39 is 0 Å². The predicted molar refractivity (Wildman–Crippen MR) is 87.1 cm³/mol. The third-order valence-electron chi connectivity index (χ3n) is 2.61. The molecule has 0 fully saturated rings. The number of aromatic nitrogens is 2. The average molecular weight is 381 g/mol. The molecule has 1 heterocycles. The average Bonchev–Trinajstić information content (AvgIpc) is 2.77. The minimum atomic E-state index is 0. The van der Waals surface area contributed by atoms with Crippen molar-refractivity contribution in [2.24, 2.45) is 4.99 Å². The van der Waals surface area contributed by atoms with Crippen LogP contribution in [0.3, 0.4) is 0 Å². The third kappa shape index (κ3) is 6.74. The number of hydrogen-bond acceptors (Lipinski definition) is 4. The minimum absolute atomic E-state index is 0. The topological polar surface area (TPSA) is 66.5 Å². The molecule has 1 aromatic heterocycles. The standard InChI is InChI=1S/C12H23N5O.HI/c1-5-6-9-17(4)12(13-3)14-8-7-11-15-10(2)16-18-11;/h5-9H2,1-4H3,(H,13,14);1H. The van der Waals surface area contributed by atoms with E-state index in [1.165, 1.54) is 12.8 Å². The maximum Gasteiger partial charge on any atom is 0.228 e. The molecule has 6 nitrogen and oxygen atoms in total. The summed E-state index contributed by atoms with van der Waals surface area (Å²) in [6.45, 7) is 5.75. The SMILES string of the molecule is CCCCN(C)C(=NC)NCCc1nc(C)no1.I. The van der Waals surface area contributed by atoms with E-state index in [1.54, 1.807) is 7.05 Å². The Morgan fingerprint density at radius 1 is 1.47 bits per heavy atom. The molecule has 1 N–H and O–H groups in total. The van der Waals surface area contributed by atoms with Crippen LogP contribution in [0, 0.1) is 6.92 Å². The molecule has 1 rings (SSSR count). The first kappa shape index (κ1) is 18.1. The van der Waals surface area contributed by atoms with Crippen LogP contribution in [0.4, 0.5) is 0 Å². The summed E-state index contributed by atoms with van der Waals surface area (Å²) in [6, 6.07) is 0. The van der Waals surface area contributed by atoms with Gasteiger partial charge in [0.2, 0.25) is 5.89 Å². The lowest BCUT2D eigenvalue weighted by molar-refractivity contribution is 0.373. The van der Waals surface area contributed by atoms with Crippen LogP contribution >= 0.6 is 24.0 Å². The van der Waals surface area contributed by atoms with Crippen molar-refractivity contribution in [2.75, 3.05) is 27.2 Å². The van der Waals surface area contributed by atoms with Gasteiger partial charge in [0, 0.05) is 33.6 Å². The summed E-state index contributed by atoms with van der Waals surface area (Å²) >= 11 is 0. The molecule has 7 heteroatoms. The monoisotopic (exact) mass is 381 g/mol. The van der Waals surface area contributed by atoms with E-state index in [4.69, 9.17) is 4.52 Å². The van der Waals surface area contributed by atoms with E-state index >= 15 is 0 Å². The van der Waals surface area contributed by atoms with Crippen molar-refractivity contribution in [3.05, 3.63) is 11.7 Å². The molecular weight excluding hydrogens is 357 g/mol. The van der Waals surface area contributed by atoms with Gasteiger partial charge in [-0.15, -0.1) is 24.0 Å². The third-order valence-corrected chi connectivity index (χ3v) is 2.61. The van der Waals surface area contributed by atoms with Crippen LogP contribution in [0.25, 0.3) is 0 Å². The molecule has 0 saturated carbocycles. The molecule has 0 unspecified atom stereocenters. The van der Waals surface area contributed by atoms with Gasteiger partial charge >= 0.3 is 0 Å². The van der Waals surface area contributed by atoms with Crippen LogP contribution in [0.1, 0.15) is 31.5 Å². The van der Waals surface area contributed by atoms with Gasteiger partial charge in [0.15, 0.2) is 11.8 Å². The van der Waals surface area contributed by atoms with Crippen molar-refractivity contribution < 1.29 is 4.52 Å². The van der Waals surface area contributed by atoms with Gasteiger partial charge in [-0.05, 0) is 13.3 Å². The molecular formula is C12H24IN5O. The second-order valence-corrected chi connectivity index (χ2v) is 4.23. The number of hydrogen-bond donors (Lipinski definition) is 1. The Balaban J connectivity index is 0.00000324. The summed E-state index contributed by atoms with van der Waals surface area (Å²) in [5.41, 5.74) is 0. The number of nitrogens with one attached hydrogen (secondary N) is 1. The lowest BCUT2D eigenvalue weighted by Gasteiger charge is -2.21. The van der Waals surface area contributed by atoms with Gasteiger partial charge in [-0.2, -0.15) is 4.98 Å². The molecule has 0 aliphatic heterocycles. The second-order valence-electron chi connectivity index (χ2n) is 4.23. The van der Waals surface area contributed by atoms with Crippen LogP contribution in [-0.2, 0) is 6.42 Å². The van der Waals surface area contributed by atoms with Crippen molar-refractivity contribution in [1.82, 2.24) is 20.4 Å². The zero-order chi connectivity index (χ0) is 13.4. The van der Waals surface area contributed by atoms with Crippen LogP contribution in [-0.4, -0.2) is 48.2 Å². The molecule has 1 aromatic rings. The Morgan fingerprint density at radius 3 is 2.74 bits per heavy atom. The second kappa shape index (κ2) is 9.99. The number of aryl methyl sites for hydroxylation is 1. The molecule has 0 spiro atoms. The molecule has 19 heavy (non-hydrogen) atoms. The van der Waals surface area contributed by atoms with Gasteiger partial charge < -0.3 is 14.7 Å². The summed E-state index contributed by atoms with van der Waals surface area (Å²) in [6.07, 6.45) is 3.06. The minimum Gasteiger partial charge on any atom is -0.356 e. The van der Waals surface area contributed by atoms with Crippen LogP contribution < -0.4 is 5.32 Å². The molecule has 0 bridgehead atoms. The van der Waals surface area contributed by atoms with Crippen molar-refractivity contribution in [1.29, 1.82) is 0 Å². The fourth-order valence-electron chi connectivity index (χ4n) is 1.61. The number of aliphatic imine (C=N–C) groups is 1. The normalized spacial score (nSPS) is 11.1. The van der Waals surface area contributed by atoms with Crippen molar-refractivity contribution >= 4 is 29.9 Å². The van der Waals surface area contributed by atoms with Crippen LogP contribution in [0.15, 0.2) is 9.52 Å². The lowest BCUT2D eigenvalue weighted by Crippen LogP contribution is -2.40. The smallest absolute Gasteiger partial charge is 0.228 e. The fraction of sp³-hybridized carbons (Fsp3) is 0.750. The summed E-state index contributed by atoms with van der Waals surface area (Å²) in [5.74, 6) is 2.24. The number of guanidine groups is 1. The van der Waals surface area contributed by atoms with E-state index in [2.05, 4.69) is 32.3 Å². The van der Waals surface area contributed by atoms with E-state index in [-0.39, 0.29) is 24.0 Å². The van der Waals surface area contributed by atoms with E-state index in [0.717, 1.165) is 19.0 Å². The summed E-state index contributed by atoms with van der Waals surface area (Å²) < 4.78 is 5.05. The molecule has 0 aliphatic rings. The number of unbranched alkanes of at least 4 members (excludes halogenated alkanes) is 1. The summed E-state index contributed by atoms with van der Waals surface area (Å²) in [7, 11) is 3.84. The van der Waals surface area contributed by atoms with Crippen LogP contribution in [0.2, 0.25) is 0 Å². The Kier molecular flexibility index (Phi) is 9.54. The van der Waals surface area contributed by atoms with Crippen molar-refractivity contribution in [3.63, 3.8) is 0 Å². The largest absolute Gasteiger partial charge is 0.356 e. The number of nitrogens with zero attached hydrogens (tertiary/aromatic N) is 4. The Hall–Kier alpha value is -0.860. The van der Waals surface area contributed by atoms with Gasteiger partial charge in [0.25, 0.3) is 0 Å². The van der Waals surface area contributed by atoms with Gasteiger partial charge in [-0.25, -0.2) is 0 Å². The number of halogens is 1. The van der Waals surface area contributed by atoms with E-state index in [9.17, 15) is 0 Å². The van der Waals surface area contributed by atoms with Gasteiger partial charge in [-0.3, -0.25) is 4.99 Å². The highest BCUT2D eigenvalue weighted by atomic mass is 127. The predicted octanol–water partition coefficient (Wildman–Crippen LogP) is 1.85. The highest BCUT2D eigenvalue weighted by molar-refractivity contribution is 14.0. The lowest BCUT2D eigenvalue weighted by atomic mass is 10.3. The van der Waals surface area contributed by atoms with E-state index in [1.807, 2.05) is 14.0 Å². The molecule has 110 valence electrons. The zero-order valence-electron chi connectivity index (χ0n) is 12.1. The zero-order valence-corrected chi connectivity index (χ0v) is 14.5. The van der Waals surface area contributed by atoms with Gasteiger partial charge in [0.05, 0.1) is 0 Å². The van der Waals surface area contributed by atoms with Crippen molar-refractivity contribution in [3.8, 4) is 0 Å². The highest BCUT2D eigenvalue weighted by Crippen LogP contribution is 1.96. The molecule has 0 radical (unpaired) electrons. The first-order valence-electron chi connectivity index (χ1n) is 6.38. The maximum atomic E-state index is 5.05. The molecule has 0 saturated heterocycles. The van der Waals surface area contributed by atoms with E-state index in [0.29, 0.717) is 18.1 Å². The van der Waals surface area contributed by atoms with Gasteiger partial charge in [0.1, 0.15) is 0 Å². The molecule has 0 atom stereocenters. The molecule has 0 amide bonds. The first-order valence-corrected chi connectivity index (χ1v) is 6.38. The van der Waals surface area contributed by atoms with Gasteiger partial charge in [-0.1, -0.05) is 18.5 Å². The quantitative estimate of drug-likeness (QED) is 0.463. The highest BCUT2D eigenvalue weighted by Gasteiger charge is 2.06. The summed E-state index contributed by atoms with van der Waals surface area (Å²) in [4.78, 5) is 10.5. The van der Waals surface area contributed by atoms with Crippen molar-refractivity contribution in [2.45, 2.75) is 33.1 Å². The van der Waals surface area contributed by atoms with Crippen LogP contribution in [0.5, 0.6) is 0 Å². The fourth-order valence-corrected chi connectivity index (χ4v) is 1.61.